The van der Waals surface area contributed by atoms with Crippen molar-refractivity contribution in [2.24, 2.45) is 17.3 Å². The van der Waals surface area contributed by atoms with Crippen LogP contribution in [0.1, 0.15) is 31.9 Å². The van der Waals surface area contributed by atoms with Gasteiger partial charge >= 0.3 is 5.97 Å². The van der Waals surface area contributed by atoms with Gasteiger partial charge in [0.1, 0.15) is 6.61 Å². The van der Waals surface area contributed by atoms with Gasteiger partial charge < -0.3 is 9.47 Å². The molecule has 3 nitrogen and oxygen atoms in total. The fourth-order valence-electron chi connectivity index (χ4n) is 3.04. The fraction of sp³-hybridized carbons (Fsp3) is 0.500. The fourth-order valence-corrected chi connectivity index (χ4v) is 3.04. The number of carbonyl (C=O) groups is 1. The number of halogens is 5. The van der Waals surface area contributed by atoms with Crippen molar-refractivity contribution < 1.29 is 36.2 Å². The van der Waals surface area contributed by atoms with Gasteiger partial charge in [0.05, 0.1) is 29.5 Å². The molecular weight excluding hydrogens is 359 g/mol. The Bertz CT molecular complexity index is 725. The maximum absolute atomic E-state index is 14.0. The van der Waals surface area contributed by atoms with Crippen LogP contribution in [0.15, 0.2) is 11.9 Å². The molecule has 1 aromatic carbocycles. The summed E-state index contributed by atoms with van der Waals surface area (Å²) < 4.78 is 78.1. The minimum absolute atomic E-state index is 0.424. The second-order valence-corrected chi connectivity index (χ2v) is 6.83. The van der Waals surface area contributed by atoms with E-state index in [1.54, 1.807) is 13.8 Å². The van der Waals surface area contributed by atoms with E-state index in [-0.39, 0.29) is 0 Å². The zero-order valence-electron chi connectivity index (χ0n) is 14.8. The third-order valence-corrected chi connectivity index (χ3v) is 4.67. The monoisotopic (exact) mass is 378 g/mol. The number of hydrogen-bond donors (Lipinski definition) is 0. The number of methoxy groups -OCH3 is 1. The maximum atomic E-state index is 14.0. The van der Waals surface area contributed by atoms with E-state index < -0.39 is 76.7 Å². The standard InChI is InChI=1S/C18H19F5O3/c1-8(19)5-11-12(18(11,2)3)17(24)26-7-10-15(22)13(20)9(6-25-4)14(21)16(10)23/h5,11-12H,6-7H2,1-4H3/b8-5-/t11-,12+/m1/s1. The Kier molecular flexibility index (Phi) is 5.75. The molecule has 2 atom stereocenters. The lowest BCUT2D eigenvalue weighted by Gasteiger charge is -2.12. The van der Waals surface area contributed by atoms with Gasteiger partial charge in [0.15, 0.2) is 23.3 Å². The van der Waals surface area contributed by atoms with Gasteiger partial charge in [-0.15, -0.1) is 0 Å². The largest absolute Gasteiger partial charge is 0.460 e. The summed E-state index contributed by atoms with van der Waals surface area (Å²) >= 11 is 0. The summed E-state index contributed by atoms with van der Waals surface area (Å²) in [6.07, 6.45) is 1.27. The minimum atomic E-state index is -1.64. The Morgan fingerprint density at radius 1 is 1.04 bits per heavy atom. The Balaban J connectivity index is 2.18. The molecule has 1 aromatic rings. The molecule has 0 spiro atoms. The van der Waals surface area contributed by atoms with Crippen molar-refractivity contribution in [3.8, 4) is 0 Å². The predicted octanol–water partition coefficient (Wildman–Crippen LogP) is 4.58. The molecule has 0 heterocycles. The zero-order chi connectivity index (χ0) is 19.8. The third-order valence-electron chi connectivity index (χ3n) is 4.67. The molecule has 0 amide bonds. The number of benzene rings is 1. The molecule has 2 rings (SSSR count). The van der Waals surface area contributed by atoms with Crippen molar-refractivity contribution in [2.75, 3.05) is 7.11 Å². The summed E-state index contributed by atoms with van der Waals surface area (Å²) in [6, 6.07) is 0. The minimum Gasteiger partial charge on any atom is -0.460 e. The number of allylic oxidation sites excluding steroid dienone is 2. The predicted molar refractivity (Wildman–Crippen MR) is 82.4 cm³/mol. The van der Waals surface area contributed by atoms with Gasteiger partial charge in [0, 0.05) is 7.11 Å². The van der Waals surface area contributed by atoms with Crippen LogP contribution in [0, 0.1) is 40.5 Å². The highest BCUT2D eigenvalue weighted by molar-refractivity contribution is 5.78. The molecule has 1 saturated carbocycles. The number of rotatable bonds is 6. The highest BCUT2D eigenvalue weighted by Gasteiger charge is 2.61. The van der Waals surface area contributed by atoms with Crippen molar-refractivity contribution >= 4 is 5.97 Å². The van der Waals surface area contributed by atoms with Crippen LogP contribution < -0.4 is 0 Å². The summed E-state index contributed by atoms with van der Waals surface area (Å²) in [6.45, 7) is 3.02. The van der Waals surface area contributed by atoms with Gasteiger partial charge in [0.2, 0.25) is 0 Å². The smallest absolute Gasteiger partial charge is 0.310 e. The number of carbonyl (C=O) groups excluding carboxylic acids is 1. The van der Waals surface area contributed by atoms with Crippen LogP contribution in [0.3, 0.4) is 0 Å². The van der Waals surface area contributed by atoms with Crippen LogP contribution in [0.4, 0.5) is 22.0 Å². The summed E-state index contributed by atoms with van der Waals surface area (Å²) in [7, 11) is 1.12. The summed E-state index contributed by atoms with van der Waals surface area (Å²) in [4.78, 5) is 12.1. The average Bonchev–Trinajstić information content (AvgIpc) is 3.09. The zero-order valence-corrected chi connectivity index (χ0v) is 14.8. The normalized spacial score (nSPS) is 21.7. The Morgan fingerprint density at radius 2 is 1.50 bits per heavy atom. The molecule has 0 aliphatic heterocycles. The molecule has 0 aromatic heterocycles. The second kappa shape index (κ2) is 7.34. The topological polar surface area (TPSA) is 35.5 Å². The lowest BCUT2D eigenvalue weighted by atomic mass is 10.1. The van der Waals surface area contributed by atoms with E-state index in [9.17, 15) is 26.7 Å². The molecule has 0 saturated heterocycles. The van der Waals surface area contributed by atoms with E-state index in [2.05, 4.69) is 4.74 Å². The lowest BCUT2D eigenvalue weighted by molar-refractivity contribution is -0.147. The number of ether oxygens (including phenoxy) is 2. The van der Waals surface area contributed by atoms with Gasteiger partial charge in [-0.2, -0.15) is 0 Å². The molecule has 144 valence electrons. The Labute approximate surface area is 147 Å². The summed E-state index contributed by atoms with van der Waals surface area (Å²) in [5, 5.41) is 0. The molecule has 0 radical (unpaired) electrons. The summed E-state index contributed by atoms with van der Waals surface area (Å²) in [5.41, 5.74) is -2.50. The van der Waals surface area contributed by atoms with Crippen LogP contribution >= 0.6 is 0 Å². The van der Waals surface area contributed by atoms with Crippen molar-refractivity contribution in [3.63, 3.8) is 0 Å². The third kappa shape index (κ3) is 3.60. The van der Waals surface area contributed by atoms with E-state index >= 15 is 0 Å². The first-order valence-corrected chi connectivity index (χ1v) is 7.87. The van der Waals surface area contributed by atoms with E-state index in [1.807, 2.05) is 0 Å². The quantitative estimate of drug-likeness (QED) is 0.413. The van der Waals surface area contributed by atoms with Crippen LogP contribution in [0.2, 0.25) is 0 Å². The van der Waals surface area contributed by atoms with E-state index in [1.165, 1.54) is 13.0 Å². The SMILES string of the molecule is COCc1c(F)c(F)c(COC(=O)[C@@H]2[C@@H](/C=C(/C)F)C2(C)C)c(F)c1F. The molecule has 0 unspecified atom stereocenters. The highest BCUT2D eigenvalue weighted by Crippen LogP contribution is 2.60. The van der Waals surface area contributed by atoms with E-state index in [0.717, 1.165) is 7.11 Å². The molecule has 0 bridgehead atoms. The van der Waals surface area contributed by atoms with Crippen molar-refractivity contribution in [1.82, 2.24) is 0 Å². The van der Waals surface area contributed by atoms with Crippen LogP contribution in [-0.2, 0) is 27.5 Å². The summed E-state index contributed by atoms with van der Waals surface area (Å²) in [5.74, 6) is -8.90. The van der Waals surface area contributed by atoms with Gasteiger partial charge in [0.25, 0.3) is 0 Å². The van der Waals surface area contributed by atoms with Crippen LogP contribution in [0.25, 0.3) is 0 Å². The molecule has 26 heavy (non-hydrogen) atoms. The van der Waals surface area contributed by atoms with E-state index in [4.69, 9.17) is 4.74 Å². The Morgan fingerprint density at radius 3 is 1.92 bits per heavy atom. The Hall–Kier alpha value is -1.96. The first kappa shape index (κ1) is 20.4. The molecule has 8 heteroatoms. The van der Waals surface area contributed by atoms with Crippen molar-refractivity contribution in [3.05, 3.63) is 46.3 Å². The van der Waals surface area contributed by atoms with E-state index in [0.29, 0.717) is 0 Å². The van der Waals surface area contributed by atoms with Crippen LogP contribution in [0.5, 0.6) is 0 Å². The maximum Gasteiger partial charge on any atom is 0.310 e. The number of esters is 1. The van der Waals surface area contributed by atoms with Crippen LogP contribution in [-0.4, -0.2) is 13.1 Å². The van der Waals surface area contributed by atoms with Gasteiger partial charge in [-0.25, -0.2) is 22.0 Å². The van der Waals surface area contributed by atoms with Crippen molar-refractivity contribution in [1.29, 1.82) is 0 Å². The average molecular weight is 378 g/mol. The van der Waals surface area contributed by atoms with Crippen molar-refractivity contribution in [2.45, 2.75) is 34.0 Å². The first-order valence-electron chi connectivity index (χ1n) is 7.87. The van der Waals surface area contributed by atoms with Gasteiger partial charge in [-0.05, 0) is 24.3 Å². The highest BCUT2D eigenvalue weighted by atomic mass is 19.2. The number of hydrogen-bond acceptors (Lipinski definition) is 3. The lowest BCUT2D eigenvalue weighted by Crippen LogP contribution is -2.15. The van der Waals surface area contributed by atoms with Gasteiger partial charge in [-0.3, -0.25) is 4.79 Å². The molecular formula is C18H19F5O3. The molecule has 1 fully saturated rings. The second-order valence-electron chi connectivity index (χ2n) is 6.83. The van der Waals surface area contributed by atoms with Gasteiger partial charge in [-0.1, -0.05) is 13.8 Å². The first-order chi connectivity index (χ1) is 12.0. The molecule has 1 aliphatic rings. The molecule has 1 aliphatic carbocycles. The molecule has 0 N–H and O–H groups in total.